The number of hydrogen-bond acceptors (Lipinski definition) is 5. The molecule has 0 aliphatic carbocycles. The van der Waals surface area contributed by atoms with Gasteiger partial charge in [0.05, 0.1) is 6.54 Å². The van der Waals surface area contributed by atoms with E-state index < -0.39 is 0 Å². The van der Waals surface area contributed by atoms with Gasteiger partial charge in [-0.2, -0.15) is 5.26 Å². The van der Waals surface area contributed by atoms with Gasteiger partial charge in [0.15, 0.2) is 0 Å². The minimum absolute atomic E-state index is 0.121. The zero-order valence-electron chi connectivity index (χ0n) is 12.1. The van der Waals surface area contributed by atoms with Crippen LogP contribution >= 0.6 is 0 Å². The number of rotatable bonds is 3. The van der Waals surface area contributed by atoms with Crippen molar-refractivity contribution in [2.75, 3.05) is 13.1 Å². The van der Waals surface area contributed by atoms with E-state index in [1.165, 1.54) is 36.7 Å². The molecule has 1 unspecified atom stereocenters. The van der Waals surface area contributed by atoms with Crippen molar-refractivity contribution in [3.05, 3.63) is 53.7 Å². The average Bonchev–Trinajstić information content (AvgIpc) is 3.04. The lowest BCUT2D eigenvalue weighted by Gasteiger charge is -2.17. The lowest BCUT2D eigenvalue weighted by Crippen LogP contribution is -2.31. The molecule has 2 aromatic rings. The maximum Gasteiger partial charge on any atom is 0.253 e. The molecule has 116 valence electrons. The first-order valence-electron chi connectivity index (χ1n) is 7.10. The van der Waals surface area contributed by atoms with Gasteiger partial charge in [-0.15, -0.1) is 0 Å². The molecule has 23 heavy (non-hydrogen) atoms. The minimum Gasteiger partial charge on any atom is -0.470 e. The Morgan fingerprint density at radius 3 is 2.78 bits per heavy atom. The summed E-state index contributed by atoms with van der Waals surface area (Å²) in [5.74, 6) is -0.372. The molecular weight excluding hydrogens is 299 g/mol. The molecule has 1 aliphatic heterocycles. The van der Waals surface area contributed by atoms with E-state index in [0.717, 1.165) is 0 Å². The van der Waals surface area contributed by atoms with Crippen LogP contribution in [-0.4, -0.2) is 40.0 Å². The summed E-state index contributed by atoms with van der Waals surface area (Å²) in [6.45, 7) is 0.917. The van der Waals surface area contributed by atoms with Gasteiger partial charge in [0.25, 0.3) is 11.8 Å². The van der Waals surface area contributed by atoms with Crippen molar-refractivity contribution in [2.45, 2.75) is 12.5 Å². The van der Waals surface area contributed by atoms with Crippen molar-refractivity contribution in [2.24, 2.45) is 0 Å². The summed E-state index contributed by atoms with van der Waals surface area (Å²) in [5.41, 5.74) is 0.556. The molecule has 0 spiro atoms. The van der Waals surface area contributed by atoms with Gasteiger partial charge in [-0.3, -0.25) is 4.79 Å². The summed E-state index contributed by atoms with van der Waals surface area (Å²) in [4.78, 5) is 21.9. The van der Waals surface area contributed by atoms with Crippen LogP contribution in [0.1, 0.15) is 22.5 Å². The maximum absolute atomic E-state index is 12.9. The lowest BCUT2D eigenvalue weighted by atomic mass is 10.2. The molecule has 6 nitrogen and oxygen atoms in total. The van der Waals surface area contributed by atoms with E-state index in [1.807, 2.05) is 6.07 Å². The van der Waals surface area contributed by atoms with Crippen molar-refractivity contribution < 1.29 is 13.9 Å². The summed E-state index contributed by atoms with van der Waals surface area (Å²) in [6, 6.07) is 7.36. The summed E-state index contributed by atoms with van der Waals surface area (Å²) in [7, 11) is 0. The predicted molar refractivity (Wildman–Crippen MR) is 78.1 cm³/mol. The van der Waals surface area contributed by atoms with Crippen molar-refractivity contribution >= 4 is 5.91 Å². The predicted octanol–water partition coefficient (Wildman–Crippen LogP) is 1.78. The van der Waals surface area contributed by atoms with Gasteiger partial charge in [-0.25, -0.2) is 14.4 Å². The van der Waals surface area contributed by atoms with E-state index in [4.69, 9.17) is 10.00 Å². The monoisotopic (exact) mass is 312 g/mol. The largest absolute Gasteiger partial charge is 0.470 e. The molecule has 1 aliphatic rings. The van der Waals surface area contributed by atoms with Crippen LogP contribution in [0.25, 0.3) is 0 Å². The number of amides is 1. The van der Waals surface area contributed by atoms with Crippen molar-refractivity contribution in [3.63, 3.8) is 0 Å². The molecular formula is C16H13FN4O2. The first-order valence-corrected chi connectivity index (χ1v) is 7.10. The Bertz CT molecular complexity index is 757. The normalized spacial score (nSPS) is 16.9. The highest BCUT2D eigenvalue weighted by Gasteiger charge is 2.29. The summed E-state index contributed by atoms with van der Waals surface area (Å²) in [6.07, 6.45) is 3.26. The molecule has 3 rings (SSSR count). The number of nitriles is 1. The van der Waals surface area contributed by atoms with E-state index in [1.54, 1.807) is 4.90 Å². The standard InChI is InChI=1S/C16H13FN4O2/c17-12-3-1-11(2-4-12)16(22)21-8-5-13(10-21)23-15-14(9-18)19-6-7-20-15/h1-4,6-7,13H,5,8,10H2. The van der Waals surface area contributed by atoms with Gasteiger partial charge in [0, 0.05) is 30.9 Å². The van der Waals surface area contributed by atoms with Gasteiger partial charge < -0.3 is 9.64 Å². The topological polar surface area (TPSA) is 79.1 Å². The van der Waals surface area contributed by atoms with Crippen LogP contribution in [-0.2, 0) is 0 Å². The molecule has 1 atom stereocenters. The first-order chi connectivity index (χ1) is 11.2. The Morgan fingerprint density at radius 2 is 2.04 bits per heavy atom. The number of hydrogen-bond donors (Lipinski definition) is 0. The third kappa shape index (κ3) is 3.26. The van der Waals surface area contributed by atoms with Gasteiger partial charge in [-0.05, 0) is 24.3 Å². The number of likely N-dealkylation sites (tertiary alicyclic amines) is 1. The van der Waals surface area contributed by atoms with Crippen LogP contribution in [0.5, 0.6) is 5.88 Å². The van der Waals surface area contributed by atoms with Crippen LogP contribution < -0.4 is 4.74 Å². The zero-order chi connectivity index (χ0) is 16.2. The van der Waals surface area contributed by atoms with E-state index in [2.05, 4.69) is 9.97 Å². The molecule has 1 aromatic heterocycles. The van der Waals surface area contributed by atoms with Gasteiger partial charge in [0.1, 0.15) is 18.0 Å². The van der Waals surface area contributed by atoms with E-state index in [9.17, 15) is 9.18 Å². The summed E-state index contributed by atoms with van der Waals surface area (Å²) in [5, 5.41) is 8.98. The van der Waals surface area contributed by atoms with Crippen LogP contribution in [0.4, 0.5) is 4.39 Å². The van der Waals surface area contributed by atoms with E-state index >= 15 is 0 Å². The number of carbonyl (C=O) groups excluding carboxylic acids is 1. The fourth-order valence-electron chi connectivity index (χ4n) is 2.43. The van der Waals surface area contributed by atoms with Crippen LogP contribution in [0.3, 0.4) is 0 Å². The Hall–Kier alpha value is -3.01. The molecule has 1 fully saturated rings. The van der Waals surface area contributed by atoms with Gasteiger partial charge >= 0.3 is 0 Å². The Morgan fingerprint density at radius 1 is 1.30 bits per heavy atom. The highest BCUT2D eigenvalue weighted by Crippen LogP contribution is 2.20. The third-order valence-corrected chi connectivity index (χ3v) is 3.57. The molecule has 2 heterocycles. The maximum atomic E-state index is 12.9. The smallest absolute Gasteiger partial charge is 0.253 e. The molecule has 0 bridgehead atoms. The Kier molecular flexibility index (Phi) is 4.15. The second-order valence-electron chi connectivity index (χ2n) is 5.11. The quantitative estimate of drug-likeness (QED) is 0.863. The number of ether oxygens (including phenoxy) is 1. The van der Waals surface area contributed by atoms with Gasteiger partial charge in [0.2, 0.25) is 5.69 Å². The van der Waals surface area contributed by atoms with E-state index in [0.29, 0.717) is 25.1 Å². The number of halogens is 1. The fraction of sp³-hybridized carbons (Fsp3) is 0.250. The van der Waals surface area contributed by atoms with Gasteiger partial charge in [-0.1, -0.05) is 0 Å². The SMILES string of the molecule is N#Cc1nccnc1OC1CCN(C(=O)c2ccc(F)cc2)C1. The molecule has 0 radical (unpaired) electrons. The van der Waals surface area contributed by atoms with Crippen LogP contribution in [0, 0.1) is 17.1 Å². The number of nitrogens with zero attached hydrogens (tertiary/aromatic N) is 4. The Labute approximate surface area is 132 Å². The Balaban J connectivity index is 1.65. The molecule has 1 saturated heterocycles. The molecule has 1 aromatic carbocycles. The lowest BCUT2D eigenvalue weighted by molar-refractivity contribution is 0.0771. The molecule has 1 amide bonds. The zero-order valence-corrected chi connectivity index (χ0v) is 12.1. The van der Waals surface area contributed by atoms with Crippen molar-refractivity contribution in [3.8, 4) is 11.9 Å². The van der Waals surface area contributed by atoms with E-state index in [-0.39, 0.29) is 29.4 Å². The third-order valence-electron chi connectivity index (χ3n) is 3.57. The summed E-state index contributed by atoms with van der Waals surface area (Å²) < 4.78 is 18.6. The molecule has 0 saturated carbocycles. The molecule has 0 N–H and O–H groups in total. The number of carbonyl (C=O) groups is 1. The number of aromatic nitrogens is 2. The second kappa shape index (κ2) is 6.40. The number of benzene rings is 1. The first kappa shape index (κ1) is 14.9. The highest BCUT2D eigenvalue weighted by atomic mass is 19.1. The molecule has 7 heteroatoms. The fourth-order valence-corrected chi connectivity index (χ4v) is 2.43. The average molecular weight is 312 g/mol. The second-order valence-corrected chi connectivity index (χ2v) is 5.11. The summed E-state index contributed by atoms with van der Waals surface area (Å²) >= 11 is 0. The van der Waals surface area contributed by atoms with Crippen molar-refractivity contribution in [1.29, 1.82) is 5.26 Å². The van der Waals surface area contributed by atoms with Crippen LogP contribution in [0.2, 0.25) is 0 Å². The highest BCUT2D eigenvalue weighted by molar-refractivity contribution is 5.94. The minimum atomic E-state index is -0.379. The van der Waals surface area contributed by atoms with Crippen molar-refractivity contribution in [1.82, 2.24) is 14.9 Å². The van der Waals surface area contributed by atoms with Crippen LogP contribution in [0.15, 0.2) is 36.7 Å².